The van der Waals surface area contributed by atoms with Crippen LogP contribution in [-0.4, -0.2) is 23.8 Å². The molecule has 0 spiro atoms. The van der Waals surface area contributed by atoms with Gasteiger partial charge in [-0.25, -0.2) is 4.39 Å². The van der Waals surface area contributed by atoms with Crippen molar-refractivity contribution in [2.24, 2.45) is 10.7 Å². The van der Waals surface area contributed by atoms with E-state index in [2.05, 4.69) is 15.3 Å². The van der Waals surface area contributed by atoms with Crippen molar-refractivity contribution in [3.05, 3.63) is 82.8 Å². The summed E-state index contributed by atoms with van der Waals surface area (Å²) in [5.74, 6) is -0.750. The molecule has 27 heavy (non-hydrogen) atoms. The van der Waals surface area contributed by atoms with Crippen molar-refractivity contribution in [2.45, 2.75) is 0 Å². The minimum atomic E-state index is -0.467. The van der Waals surface area contributed by atoms with Crippen molar-refractivity contribution < 1.29 is 9.18 Å². The Kier molecular flexibility index (Phi) is 5.47. The number of carbonyl (C=O) groups excluding carboxylic acids is 1. The minimum Gasteiger partial charge on any atom is -0.398 e. The highest BCUT2D eigenvalue weighted by atomic mass is 35.5. The van der Waals surface area contributed by atoms with E-state index in [-0.39, 0.29) is 27.7 Å². The zero-order valence-electron chi connectivity index (χ0n) is 14.4. The Balaban J connectivity index is 1.87. The maximum Gasteiger partial charge on any atom is 0.258 e. The first-order valence-electron chi connectivity index (χ1n) is 8.04. The van der Waals surface area contributed by atoms with Crippen LogP contribution in [0, 0.1) is 5.82 Å². The second-order valence-electron chi connectivity index (χ2n) is 5.67. The summed E-state index contributed by atoms with van der Waals surface area (Å²) in [5, 5.41) is 3.74. The van der Waals surface area contributed by atoms with Crippen LogP contribution in [0.25, 0.3) is 16.6 Å². The maximum atomic E-state index is 13.9. The van der Waals surface area contributed by atoms with Gasteiger partial charge in [-0.05, 0) is 30.3 Å². The van der Waals surface area contributed by atoms with Crippen LogP contribution in [0.3, 0.4) is 0 Å². The molecule has 0 saturated carbocycles. The van der Waals surface area contributed by atoms with E-state index < -0.39 is 11.7 Å². The molecule has 136 valence electrons. The average Bonchev–Trinajstić information content (AvgIpc) is 2.67. The molecule has 0 radical (unpaired) electrons. The number of benzene rings is 2. The summed E-state index contributed by atoms with van der Waals surface area (Å²) in [5.41, 5.74) is 7.20. The third kappa shape index (κ3) is 4.12. The van der Waals surface area contributed by atoms with Crippen molar-refractivity contribution in [1.82, 2.24) is 10.3 Å². The first-order valence-corrected chi connectivity index (χ1v) is 8.42. The summed E-state index contributed by atoms with van der Waals surface area (Å²) in [4.78, 5) is 20.8. The predicted molar refractivity (Wildman–Crippen MR) is 106 cm³/mol. The Morgan fingerprint density at radius 3 is 2.74 bits per heavy atom. The van der Waals surface area contributed by atoms with Gasteiger partial charge in [-0.3, -0.25) is 14.8 Å². The second-order valence-corrected chi connectivity index (χ2v) is 6.08. The molecule has 0 saturated heterocycles. The number of halogens is 2. The van der Waals surface area contributed by atoms with Crippen LogP contribution < -0.4 is 11.1 Å². The van der Waals surface area contributed by atoms with E-state index in [9.17, 15) is 9.18 Å². The summed E-state index contributed by atoms with van der Waals surface area (Å²) in [6.07, 6.45) is 3.03. The minimum absolute atomic E-state index is 0.139. The zero-order valence-corrected chi connectivity index (χ0v) is 15.2. The molecule has 0 aliphatic heterocycles. The Morgan fingerprint density at radius 2 is 2.00 bits per heavy atom. The van der Waals surface area contributed by atoms with Gasteiger partial charge in [0.2, 0.25) is 0 Å². The molecule has 0 unspecified atom stereocenters. The molecule has 0 aliphatic carbocycles. The number of nitrogens with zero attached hydrogens (tertiary/aromatic N) is 2. The third-order valence-electron chi connectivity index (χ3n) is 3.90. The lowest BCUT2D eigenvalue weighted by Crippen LogP contribution is -2.30. The predicted octanol–water partition coefficient (Wildman–Crippen LogP) is 3.79. The largest absolute Gasteiger partial charge is 0.398 e. The number of hydrogen-bond acceptors (Lipinski definition) is 4. The number of aliphatic imine (C=N–C) groups is 1. The fraction of sp³-hybridized carbons (Fsp3) is 0.0500. The second kappa shape index (κ2) is 7.97. The van der Waals surface area contributed by atoms with Gasteiger partial charge < -0.3 is 11.1 Å². The Bertz CT molecular complexity index is 1080. The molecular formula is C20H16ClFN4O. The van der Waals surface area contributed by atoms with Crippen LogP contribution >= 0.6 is 11.6 Å². The molecule has 3 N–H and O–H groups in total. The van der Waals surface area contributed by atoms with E-state index in [0.29, 0.717) is 5.52 Å². The summed E-state index contributed by atoms with van der Waals surface area (Å²) in [7, 11) is 1.49. The summed E-state index contributed by atoms with van der Waals surface area (Å²) in [6, 6.07) is 13.0. The molecule has 5 nitrogen and oxygen atoms in total. The van der Waals surface area contributed by atoms with Gasteiger partial charge in [0.25, 0.3) is 5.91 Å². The van der Waals surface area contributed by atoms with Crippen molar-refractivity contribution in [1.29, 1.82) is 0 Å². The lowest BCUT2D eigenvalue weighted by molar-refractivity contribution is 0.0977. The fourth-order valence-electron chi connectivity index (χ4n) is 2.53. The quantitative estimate of drug-likeness (QED) is 0.534. The summed E-state index contributed by atoms with van der Waals surface area (Å²) >= 11 is 6.23. The molecule has 1 aromatic heterocycles. The molecule has 0 fully saturated rings. The average molecular weight is 383 g/mol. The number of amides is 1. The molecule has 3 rings (SSSR count). The smallest absolute Gasteiger partial charge is 0.258 e. The standard InChI is InChI=1S/C20H16ClFN4O/c1-24-19(11-17(23)13-6-2-3-7-16(13)22)26-20(27)14-10-18-12(9-15(14)21)5-4-8-25-18/h2-11H,23H2,1H3,(H,24,26,27)/b17-11-. The highest BCUT2D eigenvalue weighted by Crippen LogP contribution is 2.22. The van der Waals surface area contributed by atoms with E-state index in [1.165, 1.54) is 19.2 Å². The van der Waals surface area contributed by atoms with Crippen molar-refractivity contribution in [2.75, 3.05) is 7.05 Å². The van der Waals surface area contributed by atoms with Crippen LogP contribution in [0.4, 0.5) is 4.39 Å². The highest BCUT2D eigenvalue weighted by Gasteiger charge is 2.14. The first-order chi connectivity index (χ1) is 13.0. The summed E-state index contributed by atoms with van der Waals surface area (Å²) < 4.78 is 13.9. The molecule has 3 aromatic rings. The number of fused-ring (bicyclic) bond motifs is 1. The van der Waals surface area contributed by atoms with E-state index >= 15 is 0 Å². The van der Waals surface area contributed by atoms with Gasteiger partial charge in [0.15, 0.2) is 0 Å². The van der Waals surface area contributed by atoms with E-state index in [4.69, 9.17) is 17.3 Å². The van der Waals surface area contributed by atoms with E-state index in [1.54, 1.807) is 42.6 Å². The number of aromatic nitrogens is 1. The molecule has 0 bridgehead atoms. The molecule has 1 amide bonds. The number of nitrogens with one attached hydrogen (secondary N) is 1. The van der Waals surface area contributed by atoms with Gasteiger partial charge in [0.05, 0.1) is 16.1 Å². The number of pyridine rings is 1. The van der Waals surface area contributed by atoms with Gasteiger partial charge in [0, 0.05) is 36.0 Å². The van der Waals surface area contributed by atoms with Crippen LogP contribution in [0.1, 0.15) is 15.9 Å². The molecule has 7 heteroatoms. The lowest BCUT2D eigenvalue weighted by atomic mass is 10.1. The van der Waals surface area contributed by atoms with E-state index in [1.807, 2.05) is 6.07 Å². The maximum absolute atomic E-state index is 13.9. The third-order valence-corrected chi connectivity index (χ3v) is 4.21. The van der Waals surface area contributed by atoms with Crippen LogP contribution in [0.5, 0.6) is 0 Å². The van der Waals surface area contributed by atoms with Crippen molar-refractivity contribution in [3.8, 4) is 0 Å². The molecule has 1 heterocycles. The Morgan fingerprint density at radius 1 is 1.22 bits per heavy atom. The number of carbonyl (C=O) groups is 1. The number of hydrogen-bond donors (Lipinski definition) is 2. The van der Waals surface area contributed by atoms with Gasteiger partial charge in [-0.1, -0.05) is 29.8 Å². The number of amidine groups is 1. The van der Waals surface area contributed by atoms with Crippen molar-refractivity contribution in [3.63, 3.8) is 0 Å². The highest BCUT2D eigenvalue weighted by molar-refractivity contribution is 6.35. The zero-order chi connectivity index (χ0) is 19.4. The fourth-order valence-corrected chi connectivity index (χ4v) is 2.79. The molecule has 0 aliphatic rings. The monoisotopic (exact) mass is 382 g/mol. The molecular weight excluding hydrogens is 367 g/mol. The van der Waals surface area contributed by atoms with Gasteiger partial charge in [0.1, 0.15) is 11.7 Å². The van der Waals surface area contributed by atoms with Gasteiger partial charge in [-0.15, -0.1) is 0 Å². The first kappa shape index (κ1) is 18.5. The Hall–Kier alpha value is -3.25. The van der Waals surface area contributed by atoms with Crippen LogP contribution in [-0.2, 0) is 0 Å². The van der Waals surface area contributed by atoms with Crippen molar-refractivity contribution >= 4 is 39.9 Å². The normalized spacial score (nSPS) is 12.3. The number of rotatable bonds is 3. The summed E-state index contributed by atoms with van der Waals surface area (Å²) in [6.45, 7) is 0. The molecule has 2 aromatic carbocycles. The van der Waals surface area contributed by atoms with E-state index in [0.717, 1.165) is 5.39 Å². The van der Waals surface area contributed by atoms with Crippen LogP contribution in [0.15, 0.2) is 65.8 Å². The molecule has 0 atom stereocenters. The topological polar surface area (TPSA) is 80.4 Å². The Labute approximate surface area is 160 Å². The van der Waals surface area contributed by atoms with Gasteiger partial charge in [-0.2, -0.15) is 0 Å². The lowest BCUT2D eigenvalue weighted by Gasteiger charge is -2.09. The van der Waals surface area contributed by atoms with Crippen LogP contribution in [0.2, 0.25) is 5.02 Å². The SMILES string of the molecule is CN=C(/C=C(\N)c1ccccc1F)NC(=O)c1cc2ncccc2cc1Cl. The van der Waals surface area contributed by atoms with Gasteiger partial charge >= 0.3 is 0 Å². The number of nitrogens with two attached hydrogens (primary N) is 1.